The molecule has 0 radical (unpaired) electrons. The fourth-order valence-corrected chi connectivity index (χ4v) is 2.66. The lowest BCUT2D eigenvalue weighted by Gasteiger charge is -2.19. The van der Waals surface area contributed by atoms with Gasteiger partial charge in [-0.1, -0.05) is 31.2 Å². The summed E-state index contributed by atoms with van der Waals surface area (Å²) in [5.41, 5.74) is 2.37. The van der Waals surface area contributed by atoms with E-state index in [9.17, 15) is 0 Å². The standard InChI is InChI=1S/C17H20N4/c1-3-8-19-17(14-10-20-21(2)12-14)16-11-18-9-13-6-4-5-7-15(13)16/h4-7,9-12,17,19H,3,8H2,1-2H3. The van der Waals surface area contributed by atoms with Crippen molar-refractivity contribution in [3.63, 3.8) is 0 Å². The van der Waals surface area contributed by atoms with Crippen molar-refractivity contribution in [2.45, 2.75) is 19.4 Å². The Kier molecular flexibility index (Phi) is 3.97. The van der Waals surface area contributed by atoms with Crippen LogP contribution in [0.2, 0.25) is 0 Å². The molecule has 1 aromatic carbocycles. The zero-order valence-corrected chi connectivity index (χ0v) is 12.5. The molecule has 21 heavy (non-hydrogen) atoms. The Morgan fingerprint density at radius 1 is 1.19 bits per heavy atom. The van der Waals surface area contributed by atoms with Gasteiger partial charge in [0.25, 0.3) is 0 Å². The summed E-state index contributed by atoms with van der Waals surface area (Å²) in [7, 11) is 1.95. The average molecular weight is 280 g/mol. The van der Waals surface area contributed by atoms with Crippen molar-refractivity contribution in [1.29, 1.82) is 0 Å². The SMILES string of the molecule is CCCNC(c1cnn(C)c1)c1cncc2ccccc12. The van der Waals surface area contributed by atoms with E-state index in [1.807, 2.05) is 36.4 Å². The van der Waals surface area contributed by atoms with Gasteiger partial charge in [0.1, 0.15) is 0 Å². The molecular formula is C17H20N4. The highest BCUT2D eigenvalue weighted by Gasteiger charge is 2.17. The number of rotatable bonds is 5. The maximum atomic E-state index is 4.41. The summed E-state index contributed by atoms with van der Waals surface area (Å²) in [6, 6.07) is 8.50. The largest absolute Gasteiger partial charge is 0.306 e. The van der Waals surface area contributed by atoms with Crippen LogP contribution in [0.5, 0.6) is 0 Å². The lowest BCUT2D eigenvalue weighted by molar-refractivity contribution is 0.599. The molecule has 0 aliphatic carbocycles. The number of pyridine rings is 1. The van der Waals surface area contributed by atoms with E-state index in [4.69, 9.17) is 0 Å². The van der Waals surface area contributed by atoms with E-state index < -0.39 is 0 Å². The molecule has 3 rings (SSSR count). The predicted octanol–water partition coefficient (Wildman–Crippen LogP) is 3.06. The minimum atomic E-state index is 0.122. The molecule has 0 aliphatic heterocycles. The molecule has 4 heteroatoms. The number of aromatic nitrogens is 3. The van der Waals surface area contributed by atoms with Crippen LogP contribution in [-0.4, -0.2) is 21.3 Å². The lowest BCUT2D eigenvalue weighted by atomic mass is 9.97. The van der Waals surface area contributed by atoms with Gasteiger partial charge in [-0.3, -0.25) is 9.67 Å². The predicted molar refractivity (Wildman–Crippen MR) is 85.1 cm³/mol. The van der Waals surface area contributed by atoms with Crippen LogP contribution in [0.15, 0.2) is 49.1 Å². The van der Waals surface area contributed by atoms with Crippen LogP contribution in [0.25, 0.3) is 10.8 Å². The van der Waals surface area contributed by atoms with Gasteiger partial charge < -0.3 is 5.32 Å². The van der Waals surface area contributed by atoms with Gasteiger partial charge in [-0.2, -0.15) is 5.10 Å². The van der Waals surface area contributed by atoms with Gasteiger partial charge in [-0.25, -0.2) is 0 Å². The van der Waals surface area contributed by atoms with Crippen molar-refractivity contribution < 1.29 is 0 Å². The average Bonchev–Trinajstić information content (AvgIpc) is 2.94. The third-order valence-electron chi connectivity index (χ3n) is 3.67. The van der Waals surface area contributed by atoms with Crippen molar-refractivity contribution >= 4 is 10.8 Å². The molecule has 4 nitrogen and oxygen atoms in total. The van der Waals surface area contributed by atoms with Crippen molar-refractivity contribution in [3.8, 4) is 0 Å². The van der Waals surface area contributed by atoms with Gasteiger partial charge >= 0.3 is 0 Å². The summed E-state index contributed by atoms with van der Waals surface area (Å²) in [4.78, 5) is 4.41. The summed E-state index contributed by atoms with van der Waals surface area (Å²) < 4.78 is 1.84. The summed E-state index contributed by atoms with van der Waals surface area (Å²) in [5.74, 6) is 0. The molecule has 2 aromatic heterocycles. The summed E-state index contributed by atoms with van der Waals surface area (Å²) in [6.45, 7) is 3.14. The van der Waals surface area contributed by atoms with E-state index in [2.05, 4.69) is 46.7 Å². The summed E-state index contributed by atoms with van der Waals surface area (Å²) in [6.07, 6.45) is 8.96. The molecular weight excluding hydrogens is 260 g/mol. The number of benzene rings is 1. The zero-order valence-electron chi connectivity index (χ0n) is 12.5. The van der Waals surface area contributed by atoms with Crippen LogP contribution in [0.1, 0.15) is 30.5 Å². The second-order valence-electron chi connectivity index (χ2n) is 5.28. The molecule has 108 valence electrons. The van der Waals surface area contributed by atoms with E-state index in [1.54, 1.807) is 0 Å². The minimum Gasteiger partial charge on any atom is -0.306 e. The zero-order chi connectivity index (χ0) is 14.7. The van der Waals surface area contributed by atoms with Gasteiger partial charge in [0, 0.05) is 36.6 Å². The van der Waals surface area contributed by atoms with Gasteiger partial charge in [0.15, 0.2) is 0 Å². The van der Waals surface area contributed by atoms with Crippen molar-refractivity contribution in [1.82, 2.24) is 20.1 Å². The molecule has 0 amide bonds. The van der Waals surface area contributed by atoms with Crippen LogP contribution >= 0.6 is 0 Å². The van der Waals surface area contributed by atoms with E-state index >= 15 is 0 Å². The molecule has 0 fully saturated rings. The van der Waals surface area contributed by atoms with E-state index in [0.717, 1.165) is 13.0 Å². The number of nitrogens with one attached hydrogen (secondary N) is 1. The van der Waals surface area contributed by atoms with Crippen molar-refractivity contribution in [2.75, 3.05) is 6.54 Å². The van der Waals surface area contributed by atoms with Crippen LogP contribution in [0.3, 0.4) is 0 Å². The Labute approximate surface area is 124 Å². The fraction of sp³-hybridized carbons (Fsp3) is 0.294. The van der Waals surface area contributed by atoms with E-state index in [0.29, 0.717) is 0 Å². The van der Waals surface area contributed by atoms with Gasteiger partial charge in [-0.05, 0) is 23.9 Å². The van der Waals surface area contributed by atoms with Gasteiger partial charge in [-0.15, -0.1) is 0 Å². The molecule has 0 spiro atoms. The van der Waals surface area contributed by atoms with Gasteiger partial charge in [0.2, 0.25) is 0 Å². The highest BCUT2D eigenvalue weighted by Crippen LogP contribution is 2.27. The second kappa shape index (κ2) is 6.06. The first-order chi connectivity index (χ1) is 10.3. The maximum Gasteiger partial charge on any atom is 0.0629 e. The number of hydrogen-bond acceptors (Lipinski definition) is 3. The summed E-state index contributed by atoms with van der Waals surface area (Å²) in [5, 5.41) is 10.3. The molecule has 0 bridgehead atoms. The molecule has 1 unspecified atom stereocenters. The van der Waals surface area contributed by atoms with Crippen molar-refractivity contribution in [3.05, 3.63) is 60.2 Å². The molecule has 0 saturated heterocycles. The lowest BCUT2D eigenvalue weighted by Crippen LogP contribution is -2.23. The van der Waals surface area contributed by atoms with E-state index in [-0.39, 0.29) is 6.04 Å². The third kappa shape index (κ3) is 2.81. The Bertz CT molecular complexity index is 727. The highest BCUT2D eigenvalue weighted by atomic mass is 15.2. The first-order valence-electron chi connectivity index (χ1n) is 7.34. The normalized spacial score (nSPS) is 12.7. The van der Waals surface area contributed by atoms with Crippen LogP contribution in [0.4, 0.5) is 0 Å². The number of aryl methyl sites for hydroxylation is 1. The second-order valence-corrected chi connectivity index (χ2v) is 5.28. The molecule has 0 saturated carbocycles. The Hall–Kier alpha value is -2.20. The first-order valence-corrected chi connectivity index (χ1v) is 7.34. The Morgan fingerprint density at radius 3 is 2.81 bits per heavy atom. The molecule has 1 N–H and O–H groups in total. The minimum absolute atomic E-state index is 0.122. The summed E-state index contributed by atoms with van der Waals surface area (Å²) >= 11 is 0. The third-order valence-corrected chi connectivity index (χ3v) is 3.67. The Morgan fingerprint density at radius 2 is 2.05 bits per heavy atom. The Balaban J connectivity index is 2.09. The van der Waals surface area contributed by atoms with Crippen LogP contribution in [-0.2, 0) is 7.05 Å². The van der Waals surface area contributed by atoms with Gasteiger partial charge in [0.05, 0.1) is 12.2 Å². The number of hydrogen-bond donors (Lipinski definition) is 1. The van der Waals surface area contributed by atoms with Crippen LogP contribution < -0.4 is 5.32 Å². The monoisotopic (exact) mass is 280 g/mol. The van der Waals surface area contributed by atoms with E-state index in [1.165, 1.54) is 21.9 Å². The molecule has 2 heterocycles. The molecule has 0 aliphatic rings. The number of nitrogens with zero attached hydrogens (tertiary/aromatic N) is 3. The smallest absolute Gasteiger partial charge is 0.0629 e. The highest BCUT2D eigenvalue weighted by molar-refractivity contribution is 5.85. The molecule has 1 atom stereocenters. The topological polar surface area (TPSA) is 42.7 Å². The number of fused-ring (bicyclic) bond motifs is 1. The van der Waals surface area contributed by atoms with Crippen molar-refractivity contribution in [2.24, 2.45) is 7.05 Å². The fourth-order valence-electron chi connectivity index (χ4n) is 2.66. The van der Waals surface area contributed by atoms with Crippen LogP contribution in [0, 0.1) is 0 Å². The molecule has 3 aromatic rings. The quantitative estimate of drug-likeness (QED) is 0.781. The first kappa shape index (κ1) is 13.8. The maximum absolute atomic E-state index is 4.41.